The van der Waals surface area contributed by atoms with Crippen molar-refractivity contribution < 1.29 is 8.78 Å². The number of halogens is 2. The van der Waals surface area contributed by atoms with E-state index in [2.05, 4.69) is 11.0 Å². The van der Waals surface area contributed by atoms with Gasteiger partial charge in [0.1, 0.15) is 0 Å². The van der Waals surface area contributed by atoms with Gasteiger partial charge in [0, 0.05) is 30.4 Å². The average molecular weight is 288 g/mol. The van der Waals surface area contributed by atoms with Gasteiger partial charge in [0.25, 0.3) is 0 Å². The third-order valence-corrected chi connectivity index (χ3v) is 4.01. The fourth-order valence-corrected chi connectivity index (χ4v) is 2.81. The summed E-state index contributed by atoms with van der Waals surface area (Å²) in [6.45, 7) is 3.15. The first kappa shape index (κ1) is 14.0. The van der Waals surface area contributed by atoms with Crippen LogP contribution in [0.3, 0.4) is 0 Å². The Bertz CT molecular complexity index is 668. The number of nitrogens with zero attached hydrogens (tertiary/aromatic N) is 1. The van der Waals surface area contributed by atoms with Crippen molar-refractivity contribution in [2.75, 3.05) is 11.4 Å². The summed E-state index contributed by atoms with van der Waals surface area (Å²) in [6, 6.07) is 10.5. The second kappa shape index (κ2) is 5.45. The zero-order chi connectivity index (χ0) is 15.0. The van der Waals surface area contributed by atoms with Crippen LogP contribution in [0.25, 0.3) is 0 Å². The normalized spacial score (nSPS) is 15.1. The van der Waals surface area contributed by atoms with Gasteiger partial charge in [-0.25, -0.2) is 8.78 Å². The topological polar surface area (TPSA) is 29.3 Å². The minimum Gasteiger partial charge on any atom is -0.367 e. The molecule has 0 amide bonds. The van der Waals surface area contributed by atoms with E-state index in [1.807, 2.05) is 19.1 Å². The quantitative estimate of drug-likeness (QED) is 0.936. The second-order valence-electron chi connectivity index (χ2n) is 5.56. The van der Waals surface area contributed by atoms with E-state index >= 15 is 0 Å². The van der Waals surface area contributed by atoms with E-state index in [4.69, 9.17) is 5.73 Å². The molecule has 2 aromatic carbocycles. The zero-order valence-corrected chi connectivity index (χ0v) is 11.9. The molecule has 0 bridgehead atoms. The predicted octanol–water partition coefficient (Wildman–Crippen LogP) is 3.55. The Morgan fingerprint density at radius 1 is 1.24 bits per heavy atom. The van der Waals surface area contributed by atoms with Crippen molar-refractivity contribution in [2.45, 2.75) is 25.9 Å². The van der Waals surface area contributed by atoms with Gasteiger partial charge in [-0.15, -0.1) is 0 Å². The van der Waals surface area contributed by atoms with Crippen molar-refractivity contribution in [1.82, 2.24) is 0 Å². The highest BCUT2D eigenvalue weighted by molar-refractivity contribution is 5.59. The van der Waals surface area contributed by atoms with Crippen molar-refractivity contribution in [2.24, 2.45) is 5.73 Å². The third-order valence-electron chi connectivity index (χ3n) is 4.01. The highest BCUT2D eigenvalue weighted by atomic mass is 19.2. The average Bonchev–Trinajstić information content (AvgIpc) is 2.86. The molecule has 2 aromatic rings. The summed E-state index contributed by atoms with van der Waals surface area (Å²) in [4.78, 5) is 2.08. The first-order valence-corrected chi connectivity index (χ1v) is 7.12. The molecule has 0 saturated carbocycles. The summed E-state index contributed by atoms with van der Waals surface area (Å²) < 4.78 is 27.1. The van der Waals surface area contributed by atoms with Crippen LogP contribution in [0.1, 0.15) is 29.7 Å². The highest BCUT2D eigenvalue weighted by Gasteiger charge is 2.21. The van der Waals surface area contributed by atoms with Crippen LogP contribution in [-0.4, -0.2) is 6.54 Å². The molecule has 110 valence electrons. The van der Waals surface area contributed by atoms with Crippen LogP contribution in [0.5, 0.6) is 0 Å². The molecule has 0 radical (unpaired) electrons. The third kappa shape index (κ3) is 2.63. The van der Waals surface area contributed by atoms with Crippen LogP contribution < -0.4 is 10.6 Å². The largest absolute Gasteiger partial charge is 0.367 e. The highest BCUT2D eigenvalue weighted by Crippen LogP contribution is 2.31. The summed E-state index contributed by atoms with van der Waals surface area (Å²) in [6.07, 6.45) is 0.910. The Morgan fingerprint density at radius 3 is 2.81 bits per heavy atom. The number of hydrogen-bond acceptors (Lipinski definition) is 2. The Balaban J connectivity index is 1.86. The molecule has 0 aromatic heterocycles. The molecule has 4 heteroatoms. The van der Waals surface area contributed by atoms with Gasteiger partial charge in [-0.05, 0) is 36.6 Å². The maximum Gasteiger partial charge on any atom is 0.163 e. The lowest BCUT2D eigenvalue weighted by Gasteiger charge is -2.20. The van der Waals surface area contributed by atoms with Gasteiger partial charge in [-0.2, -0.15) is 0 Å². The molecule has 21 heavy (non-hydrogen) atoms. The lowest BCUT2D eigenvalue weighted by atomic mass is 10.0. The first-order chi connectivity index (χ1) is 10.1. The summed E-state index contributed by atoms with van der Waals surface area (Å²) in [5.74, 6) is -1.54. The number of anilines is 1. The summed E-state index contributed by atoms with van der Waals surface area (Å²) in [5, 5.41) is 0. The Kier molecular flexibility index (Phi) is 3.64. The maximum absolute atomic E-state index is 13.8. The van der Waals surface area contributed by atoms with Gasteiger partial charge in [0.15, 0.2) is 11.6 Å². The molecule has 3 rings (SSSR count). The van der Waals surface area contributed by atoms with E-state index in [0.29, 0.717) is 12.1 Å². The molecular formula is C17H18F2N2. The number of hydrogen-bond donors (Lipinski definition) is 1. The molecule has 1 aliphatic heterocycles. The molecule has 1 unspecified atom stereocenters. The lowest BCUT2D eigenvalue weighted by molar-refractivity contribution is 0.497. The van der Waals surface area contributed by atoms with Gasteiger partial charge in [0.05, 0.1) is 0 Å². The van der Waals surface area contributed by atoms with Crippen LogP contribution in [0.4, 0.5) is 14.5 Å². The van der Waals surface area contributed by atoms with E-state index in [9.17, 15) is 8.78 Å². The monoisotopic (exact) mass is 288 g/mol. The van der Waals surface area contributed by atoms with Gasteiger partial charge in [0.2, 0.25) is 0 Å². The Labute approximate surface area is 123 Å². The van der Waals surface area contributed by atoms with Gasteiger partial charge < -0.3 is 10.6 Å². The standard InChI is InChI=1S/C17H18F2N2/c1-11(20)12-5-6-16-13(9-12)7-8-21(16)10-14-3-2-4-15(18)17(14)19/h2-6,9,11H,7-8,10,20H2,1H3. The van der Waals surface area contributed by atoms with Crippen molar-refractivity contribution in [1.29, 1.82) is 0 Å². The SMILES string of the molecule is CC(N)c1ccc2c(c1)CCN2Cc1cccc(F)c1F. The van der Waals surface area contributed by atoms with E-state index in [0.717, 1.165) is 30.3 Å². The minimum absolute atomic E-state index is 0.00464. The predicted molar refractivity (Wildman–Crippen MR) is 80.2 cm³/mol. The molecule has 2 N–H and O–H groups in total. The van der Waals surface area contributed by atoms with E-state index in [1.54, 1.807) is 12.1 Å². The van der Waals surface area contributed by atoms with Crippen molar-refractivity contribution in [3.8, 4) is 0 Å². The summed E-state index contributed by atoms with van der Waals surface area (Å²) >= 11 is 0. The Morgan fingerprint density at radius 2 is 2.05 bits per heavy atom. The molecule has 0 spiro atoms. The number of fused-ring (bicyclic) bond motifs is 1. The summed E-state index contributed by atoms with van der Waals surface area (Å²) in [7, 11) is 0. The van der Waals surface area contributed by atoms with Crippen LogP contribution in [0, 0.1) is 11.6 Å². The number of nitrogens with two attached hydrogens (primary N) is 1. The van der Waals surface area contributed by atoms with Crippen LogP contribution >= 0.6 is 0 Å². The molecule has 1 heterocycles. The zero-order valence-electron chi connectivity index (χ0n) is 11.9. The molecular weight excluding hydrogens is 270 g/mol. The van der Waals surface area contributed by atoms with Gasteiger partial charge in [-0.3, -0.25) is 0 Å². The van der Waals surface area contributed by atoms with E-state index in [-0.39, 0.29) is 6.04 Å². The van der Waals surface area contributed by atoms with Crippen LogP contribution in [0.15, 0.2) is 36.4 Å². The van der Waals surface area contributed by atoms with Gasteiger partial charge >= 0.3 is 0 Å². The fourth-order valence-electron chi connectivity index (χ4n) is 2.81. The lowest BCUT2D eigenvalue weighted by Crippen LogP contribution is -2.20. The van der Waals surface area contributed by atoms with Crippen molar-refractivity contribution >= 4 is 5.69 Å². The molecule has 1 atom stereocenters. The van der Waals surface area contributed by atoms with Crippen molar-refractivity contribution in [3.05, 3.63) is 64.7 Å². The first-order valence-electron chi connectivity index (χ1n) is 7.12. The minimum atomic E-state index is -0.792. The van der Waals surface area contributed by atoms with Crippen molar-refractivity contribution in [3.63, 3.8) is 0 Å². The number of benzene rings is 2. The second-order valence-corrected chi connectivity index (χ2v) is 5.56. The Hall–Kier alpha value is -1.94. The van der Waals surface area contributed by atoms with E-state index in [1.165, 1.54) is 5.56 Å². The molecule has 2 nitrogen and oxygen atoms in total. The molecule has 0 fully saturated rings. The molecule has 0 aliphatic carbocycles. The molecule has 1 aliphatic rings. The van der Waals surface area contributed by atoms with Gasteiger partial charge in [-0.1, -0.05) is 24.3 Å². The molecule has 0 saturated heterocycles. The summed E-state index contributed by atoms with van der Waals surface area (Å²) in [5.41, 5.74) is 9.70. The maximum atomic E-state index is 13.8. The van der Waals surface area contributed by atoms with Crippen LogP contribution in [-0.2, 0) is 13.0 Å². The fraction of sp³-hybridized carbons (Fsp3) is 0.294. The van der Waals surface area contributed by atoms with E-state index < -0.39 is 11.6 Å². The smallest absolute Gasteiger partial charge is 0.163 e. The number of rotatable bonds is 3. The van der Waals surface area contributed by atoms with Crippen LogP contribution in [0.2, 0.25) is 0 Å².